The SMILES string of the molecule is Cc1cc(C)n2nc(C(=O)OC(C)C(=O)Nc3ccc(Oc4ccccc4)cc3)nc2n1. The summed E-state index contributed by atoms with van der Waals surface area (Å²) in [5, 5.41) is 6.82. The highest BCUT2D eigenvalue weighted by molar-refractivity contribution is 5.96. The molecule has 162 valence electrons. The van der Waals surface area contributed by atoms with Gasteiger partial charge in [-0.25, -0.2) is 14.3 Å². The van der Waals surface area contributed by atoms with Crippen LogP contribution in [0.2, 0.25) is 0 Å². The van der Waals surface area contributed by atoms with Crippen molar-refractivity contribution in [3.05, 3.63) is 77.9 Å². The Morgan fingerprint density at radius 2 is 1.66 bits per heavy atom. The van der Waals surface area contributed by atoms with Crippen molar-refractivity contribution in [2.24, 2.45) is 0 Å². The summed E-state index contributed by atoms with van der Waals surface area (Å²) in [5.74, 6) is 0.195. The molecule has 0 fully saturated rings. The smallest absolute Gasteiger partial charge is 0.379 e. The van der Waals surface area contributed by atoms with Crippen LogP contribution >= 0.6 is 0 Å². The third kappa shape index (κ3) is 4.72. The van der Waals surface area contributed by atoms with Crippen LogP contribution in [-0.4, -0.2) is 37.6 Å². The highest BCUT2D eigenvalue weighted by atomic mass is 16.5. The molecule has 4 aromatic rings. The molecule has 0 aliphatic carbocycles. The molecule has 0 radical (unpaired) electrons. The first-order valence-electron chi connectivity index (χ1n) is 9.95. The molecule has 0 aliphatic rings. The van der Waals surface area contributed by atoms with Gasteiger partial charge in [-0.2, -0.15) is 4.98 Å². The Kier molecular flexibility index (Phi) is 5.80. The maximum absolute atomic E-state index is 12.4. The van der Waals surface area contributed by atoms with Crippen LogP contribution in [0.3, 0.4) is 0 Å². The Labute approximate surface area is 184 Å². The minimum absolute atomic E-state index is 0.159. The van der Waals surface area contributed by atoms with Gasteiger partial charge in [-0.15, -0.1) is 5.10 Å². The molecule has 2 aromatic carbocycles. The third-order valence-corrected chi connectivity index (χ3v) is 4.55. The minimum atomic E-state index is -1.05. The number of rotatable bonds is 6. The Morgan fingerprint density at radius 3 is 2.38 bits per heavy atom. The number of ether oxygens (including phenoxy) is 2. The summed E-state index contributed by atoms with van der Waals surface area (Å²) < 4.78 is 12.4. The van der Waals surface area contributed by atoms with Crippen LogP contribution in [0.15, 0.2) is 60.7 Å². The first-order chi connectivity index (χ1) is 15.4. The lowest BCUT2D eigenvalue weighted by molar-refractivity contribution is -0.123. The first-order valence-corrected chi connectivity index (χ1v) is 9.95. The van der Waals surface area contributed by atoms with E-state index in [2.05, 4.69) is 20.4 Å². The average molecular weight is 431 g/mol. The number of benzene rings is 2. The van der Waals surface area contributed by atoms with Gasteiger partial charge >= 0.3 is 5.97 Å². The van der Waals surface area contributed by atoms with E-state index in [0.29, 0.717) is 23.0 Å². The van der Waals surface area contributed by atoms with Crippen molar-refractivity contribution in [3.63, 3.8) is 0 Å². The number of aromatic nitrogens is 4. The van der Waals surface area contributed by atoms with E-state index in [1.165, 1.54) is 11.4 Å². The van der Waals surface area contributed by atoms with Crippen LogP contribution in [0, 0.1) is 13.8 Å². The van der Waals surface area contributed by atoms with Crippen LogP contribution in [-0.2, 0) is 9.53 Å². The lowest BCUT2D eigenvalue weighted by Gasteiger charge is -2.13. The van der Waals surface area contributed by atoms with Gasteiger partial charge in [-0.05, 0) is 63.2 Å². The summed E-state index contributed by atoms with van der Waals surface area (Å²) in [4.78, 5) is 33.2. The Hall–Kier alpha value is -4.27. The standard InChI is InChI=1S/C23H21N5O4/c1-14-13-15(2)28-23(24-14)26-20(27-28)22(30)31-16(3)21(29)25-17-9-11-19(12-10-17)32-18-7-5-4-6-8-18/h4-13,16H,1-3H3,(H,25,29). The van der Waals surface area contributed by atoms with Gasteiger partial charge < -0.3 is 14.8 Å². The van der Waals surface area contributed by atoms with Crippen molar-refractivity contribution in [1.82, 2.24) is 19.6 Å². The summed E-state index contributed by atoms with van der Waals surface area (Å²) in [6, 6.07) is 18.1. The fraction of sp³-hybridized carbons (Fsp3) is 0.174. The largest absolute Gasteiger partial charge is 0.457 e. The molecule has 0 spiro atoms. The summed E-state index contributed by atoms with van der Waals surface area (Å²) in [7, 11) is 0. The van der Waals surface area contributed by atoms with E-state index in [1.807, 2.05) is 50.2 Å². The number of hydrogen-bond donors (Lipinski definition) is 1. The molecule has 9 heteroatoms. The second kappa shape index (κ2) is 8.84. The predicted molar refractivity (Wildman–Crippen MR) is 117 cm³/mol. The predicted octanol–water partition coefficient (Wildman–Crippen LogP) is 3.72. The number of nitrogens with one attached hydrogen (secondary N) is 1. The fourth-order valence-electron chi connectivity index (χ4n) is 2.99. The molecule has 1 amide bonds. The summed E-state index contributed by atoms with van der Waals surface area (Å²) in [5.41, 5.74) is 2.08. The molecule has 2 aromatic heterocycles. The van der Waals surface area contributed by atoms with Gasteiger partial charge in [0, 0.05) is 17.1 Å². The number of nitrogens with zero attached hydrogens (tertiary/aromatic N) is 4. The normalized spacial score (nSPS) is 11.7. The Bertz CT molecular complexity index is 1270. The first kappa shape index (κ1) is 21.0. The summed E-state index contributed by atoms with van der Waals surface area (Å²) in [6.45, 7) is 5.13. The van der Waals surface area contributed by atoms with E-state index >= 15 is 0 Å². The van der Waals surface area contributed by atoms with Crippen molar-refractivity contribution in [2.45, 2.75) is 26.9 Å². The fourth-order valence-corrected chi connectivity index (χ4v) is 2.99. The zero-order valence-corrected chi connectivity index (χ0v) is 17.8. The average Bonchev–Trinajstić information content (AvgIpc) is 3.20. The Balaban J connectivity index is 1.36. The van der Waals surface area contributed by atoms with E-state index in [9.17, 15) is 9.59 Å². The molecule has 4 rings (SSSR count). The number of carbonyl (C=O) groups excluding carboxylic acids is 2. The van der Waals surface area contributed by atoms with Gasteiger partial charge in [0.25, 0.3) is 17.5 Å². The molecule has 0 bridgehead atoms. The van der Waals surface area contributed by atoms with E-state index in [1.54, 1.807) is 24.3 Å². The quantitative estimate of drug-likeness (QED) is 0.464. The molecule has 1 unspecified atom stereocenters. The zero-order valence-electron chi connectivity index (χ0n) is 17.8. The van der Waals surface area contributed by atoms with Crippen molar-refractivity contribution >= 4 is 23.3 Å². The monoisotopic (exact) mass is 431 g/mol. The lowest BCUT2D eigenvalue weighted by atomic mass is 10.2. The van der Waals surface area contributed by atoms with Crippen LogP contribution in [0.5, 0.6) is 11.5 Å². The Morgan fingerprint density at radius 1 is 0.969 bits per heavy atom. The number of esters is 1. The molecule has 9 nitrogen and oxygen atoms in total. The van der Waals surface area contributed by atoms with Gasteiger partial charge in [0.1, 0.15) is 11.5 Å². The molecular formula is C23H21N5O4. The van der Waals surface area contributed by atoms with Crippen LogP contribution in [0.25, 0.3) is 5.78 Å². The molecule has 0 saturated carbocycles. The molecule has 2 heterocycles. The van der Waals surface area contributed by atoms with Crippen molar-refractivity contribution in [1.29, 1.82) is 0 Å². The van der Waals surface area contributed by atoms with E-state index < -0.39 is 18.0 Å². The number of aryl methyl sites for hydroxylation is 2. The minimum Gasteiger partial charge on any atom is -0.457 e. The maximum Gasteiger partial charge on any atom is 0.379 e. The zero-order chi connectivity index (χ0) is 22.7. The maximum atomic E-state index is 12.4. The number of fused-ring (bicyclic) bond motifs is 1. The lowest BCUT2D eigenvalue weighted by Crippen LogP contribution is -2.30. The van der Waals surface area contributed by atoms with Crippen molar-refractivity contribution in [2.75, 3.05) is 5.32 Å². The molecule has 1 N–H and O–H groups in total. The molecular weight excluding hydrogens is 410 g/mol. The number of hydrogen-bond acceptors (Lipinski definition) is 7. The number of para-hydroxylation sites is 1. The number of anilines is 1. The van der Waals surface area contributed by atoms with E-state index in [4.69, 9.17) is 9.47 Å². The van der Waals surface area contributed by atoms with Crippen LogP contribution in [0.1, 0.15) is 28.9 Å². The molecule has 32 heavy (non-hydrogen) atoms. The topological polar surface area (TPSA) is 108 Å². The van der Waals surface area contributed by atoms with Gasteiger partial charge in [0.05, 0.1) is 0 Å². The third-order valence-electron chi connectivity index (χ3n) is 4.55. The van der Waals surface area contributed by atoms with Crippen LogP contribution < -0.4 is 10.1 Å². The van der Waals surface area contributed by atoms with E-state index in [-0.39, 0.29) is 5.82 Å². The number of amides is 1. The van der Waals surface area contributed by atoms with Gasteiger partial charge in [-0.3, -0.25) is 4.79 Å². The highest BCUT2D eigenvalue weighted by Gasteiger charge is 2.23. The van der Waals surface area contributed by atoms with Crippen molar-refractivity contribution in [3.8, 4) is 11.5 Å². The highest BCUT2D eigenvalue weighted by Crippen LogP contribution is 2.22. The van der Waals surface area contributed by atoms with Crippen molar-refractivity contribution < 1.29 is 19.1 Å². The molecule has 0 saturated heterocycles. The van der Waals surface area contributed by atoms with E-state index in [0.717, 1.165) is 11.4 Å². The second-order valence-corrected chi connectivity index (χ2v) is 7.16. The van der Waals surface area contributed by atoms with Gasteiger partial charge in [0.15, 0.2) is 6.10 Å². The van der Waals surface area contributed by atoms with Crippen LogP contribution in [0.4, 0.5) is 5.69 Å². The van der Waals surface area contributed by atoms with Gasteiger partial charge in [0.2, 0.25) is 0 Å². The second-order valence-electron chi connectivity index (χ2n) is 7.16. The molecule has 0 aliphatic heterocycles. The molecule has 1 atom stereocenters. The number of carbonyl (C=O) groups is 2. The summed E-state index contributed by atoms with van der Waals surface area (Å²) in [6.07, 6.45) is -1.05. The summed E-state index contributed by atoms with van der Waals surface area (Å²) >= 11 is 0. The van der Waals surface area contributed by atoms with Gasteiger partial charge in [-0.1, -0.05) is 18.2 Å².